The summed E-state index contributed by atoms with van der Waals surface area (Å²) in [7, 11) is 0. The predicted molar refractivity (Wildman–Crippen MR) is 88.3 cm³/mol. The van der Waals surface area contributed by atoms with Crippen molar-refractivity contribution in [3.05, 3.63) is 58.9 Å². The maximum atomic E-state index is 13.4. The normalized spacial score (nSPS) is 17.6. The molecule has 5 nitrogen and oxygen atoms in total. The van der Waals surface area contributed by atoms with Crippen LogP contribution in [-0.4, -0.2) is 32.3 Å². The number of benzene rings is 1. The SMILES string of the molecule is O=C(c1cncc(Cl)c1)N1CCC[C@H]1c1nc2ccc(F)cc2[nH]1. The molecule has 1 N–H and O–H groups in total. The number of hydrogen-bond donors (Lipinski definition) is 1. The molecular formula is C17H14ClFN4O. The Morgan fingerprint density at radius 2 is 2.21 bits per heavy atom. The second kappa shape index (κ2) is 5.87. The van der Waals surface area contributed by atoms with E-state index in [1.165, 1.54) is 24.5 Å². The number of amides is 1. The van der Waals surface area contributed by atoms with Gasteiger partial charge in [0, 0.05) is 18.9 Å². The van der Waals surface area contributed by atoms with Crippen LogP contribution in [0.15, 0.2) is 36.7 Å². The van der Waals surface area contributed by atoms with Gasteiger partial charge in [0.2, 0.25) is 0 Å². The molecule has 1 saturated heterocycles. The first-order chi connectivity index (χ1) is 11.6. The molecule has 0 saturated carbocycles. The first-order valence-corrected chi connectivity index (χ1v) is 8.06. The van der Waals surface area contributed by atoms with Crippen molar-refractivity contribution in [2.24, 2.45) is 0 Å². The lowest BCUT2D eigenvalue weighted by atomic mass is 10.2. The lowest BCUT2D eigenvalue weighted by molar-refractivity contribution is 0.0730. The first-order valence-electron chi connectivity index (χ1n) is 7.68. The van der Waals surface area contributed by atoms with E-state index in [4.69, 9.17) is 11.6 Å². The van der Waals surface area contributed by atoms with Gasteiger partial charge in [-0.1, -0.05) is 11.6 Å². The number of imidazole rings is 1. The minimum atomic E-state index is -0.318. The zero-order chi connectivity index (χ0) is 16.7. The summed E-state index contributed by atoms with van der Waals surface area (Å²) in [5.74, 6) is 0.234. The highest BCUT2D eigenvalue weighted by Gasteiger charge is 2.32. The van der Waals surface area contributed by atoms with Crippen molar-refractivity contribution in [3.8, 4) is 0 Å². The van der Waals surface area contributed by atoms with E-state index in [0.29, 0.717) is 34.0 Å². The lowest BCUT2D eigenvalue weighted by Gasteiger charge is -2.23. The van der Waals surface area contributed by atoms with Gasteiger partial charge in [0.15, 0.2) is 0 Å². The summed E-state index contributed by atoms with van der Waals surface area (Å²) in [6.45, 7) is 0.640. The average molecular weight is 345 g/mol. The molecule has 0 unspecified atom stereocenters. The number of aromatic amines is 1. The van der Waals surface area contributed by atoms with Crippen LogP contribution < -0.4 is 0 Å². The zero-order valence-corrected chi connectivity index (χ0v) is 13.4. The molecule has 1 fully saturated rings. The van der Waals surface area contributed by atoms with Crippen LogP contribution in [0.4, 0.5) is 4.39 Å². The molecule has 1 aromatic carbocycles. The zero-order valence-electron chi connectivity index (χ0n) is 12.7. The minimum absolute atomic E-state index is 0.126. The van der Waals surface area contributed by atoms with Gasteiger partial charge in [0.1, 0.15) is 11.6 Å². The Morgan fingerprint density at radius 1 is 1.33 bits per heavy atom. The van der Waals surface area contributed by atoms with Crippen molar-refractivity contribution < 1.29 is 9.18 Å². The van der Waals surface area contributed by atoms with Gasteiger partial charge in [-0.15, -0.1) is 0 Å². The number of carbonyl (C=O) groups is 1. The lowest BCUT2D eigenvalue weighted by Crippen LogP contribution is -2.31. The van der Waals surface area contributed by atoms with Gasteiger partial charge in [-0.25, -0.2) is 9.37 Å². The van der Waals surface area contributed by atoms with Gasteiger partial charge in [-0.05, 0) is 37.1 Å². The highest BCUT2D eigenvalue weighted by Crippen LogP contribution is 2.32. The number of nitrogens with one attached hydrogen (secondary N) is 1. The highest BCUT2D eigenvalue weighted by molar-refractivity contribution is 6.30. The van der Waals surface area contributed by atoms with Crippen LogP contribution in [0.1, 0.15) is 35.1 Å². The average Bonchev–Trinajstić information content (AvgIpc) is 3.19. The van der Waals surface area contributed by atoms with Crippen molar-refractivity contribution in [2.75, 3.05) is 6.54 Å². The second-order valence-electron chi connectivity index (χ2n) is 5.83. The number of pyridine rings is 1. The summed E-state index contributed by atoms with van der Waals surface area (Å²) in [5.41, 5.74) is 1.78. The van der Waals surface area contributed by atoms with Gasteiger partial charge in [0.05, 0.1) is 27.7 Å². The largest absolute Gasteiger partial charge is 0.340 e. The summed E-state index contributed by atoms with van der Waals surface area (Å²) >= 11 is 5.93. The Labute approximate surface area is 142 Å². The van der Waals surface area contributed by atoms with Gasteiger partial charge >= 0.3 is 0 Å². The maximum Gasteiger partial charge on any atom is 0.256 e. The number of fused-ring (bicyclic) bond motifs is 1. The quantitative estimate of drug-likeness (QED) is 0.770. The number of rotatable bonds is 2. The van der Waals surface area contributed by atoms with Crippen molar-refractivity contribution >= 4 is 28.5 Å². The molecule has 1 aliphatic rings. The molecule has 0 bridgehead atoms. The number of H-pyrrole nitrogens is 1. The number of halogens is 2. The van der Waals surface area contributed by atoms with Crippen LogP contribution in [0, 0.1) is 5.82 Å². The monoisotopic (exact) mass is 344 g/mol. The molecule has 4 rings (SSSR count). The molecular weight excluding hydrogens is 331 g/mol. The van der Waals surface area contributed by atoms with Crippen molar-refractivity contribution in [1.82, 2.24) is 19.9 Å². The van der Waals surface area contributed by atoms with Crippen LogP contribution in [0.5, 0.6) is 0 Å². The first kappa shape index (κ1) is 15.1. The number of aromatic nitrogens is 3. The Morgan fingerprint density at radius 3 is 3.04 bits per heavy atom. The highest BCUT2D eigenvalue weighted by atomic mass is 35.5. The van der Waals surface area contributed by atoms with Crippen molar-refractivity contribution in [3.63, 3.8) is 0 Å². The van der Waals surface area contributed by atoms with E-state index in [-0.39, 0.29) is 17.8 Å². The molecule has 0 spiro atoms. The van der Waals surface area contributed by atoms with Gasteiger partial charge in [-0.3, -0.25) is 9.78 Å². The van der Waals surface area contributed by atoms with Gasteiger partial charge in [-0.2, -0.15) is 0 Å². The fourth-order valence-electron chi connectivity index (χ4n) is 3.15. The van der Waals surface area contributed by atoms with E-state index in [1.807, 2.05) is 0 Å². The van der Waals surface area contributed by atoms with Gasteiger partial charge < -0.3 is 9.88 Å². The Bertz CT molecular complexity index is 926. The number of carbonyl (C=O) groups excluding carboxylic acids is 1. The van der Waals surface area contributed by atoms with E-state index in [0.717, 1.165) is 12.8 Å². The molecule has 0 aliphatic carbocycles. The molecule has 1 atom stereocenters. The maximum absolute atomic E-state index is 13.4. The van der Waals surface area contributed by atoms with Crippen LogP contribution in [0.25, 0.3) is 11.0 Å². The molecule has 2 aromatic heterocycles. The smallest absolute Gasteiger partial charge is 0.256 e. The molecule has 122 valence electrons. The fourth-order valence-corrected chi connectivity index (χ4v) is 3.32. The van der Waals surface area contributed by atoms with E-state index >= 15 is 0 Å². The molecule has 3 aromatic rings. The van der Waals surface area contributed by atoms with Crippen molar-refractivity contribution in [2.45, 2.75) is 18.9 Å². The van der Waals surface area contributed by atoms with Crippen LogP contribution in [-0.2, 0) is 0 Å². The van der Waals surface area contributed by atoms with E-state index in [9.17, 15) is 9.18 Å². The van der Waals surface area contributed by atoms with Crippen molar-refractivity contribution in [1.29, 1.82) is 0 Å². The Hall–Kier alpha value is -2.47. The van der Waals surface area contributed by atoms with E-state index in [1.54, 1.807) is 17.0 Å². The summed E-state index contributed by atoms with van der Waals surface area (Å²) < 4.78 is 13.4. The van der Waals surface area contributed by atoms with E-state index < -0.39 is 0 Å². The summed E-state index contributed by atoms with van der Waals surface area (Å²) in [4.78, 5) is 26.2. The summed E-state index contributed by atoms with van der Waals surface area (Å²) in [6.07, 6.45) is 4.70. The molecule has 3 heterocycles. The summed E-state index contributed by atoms with van der Waals surface area (Å²) in [5, 5.41) is 0.427. The van der Waals surface area contributed by atoms with Gasteiger partial charge in [0.25, 0.3) is 5.91 Å². The minimum Gasteiger partial charge on any atom is -0.340 e. The third-order valence-corrected chi connectivity index (χ3v) is 4.45. The number of likely N-dealkylation sites (tertiary alicyclic amines) is 1. The van der Waals surface area contributed by atoms with Crippen LogP contribution >= 0.6 is 11.6 Å². The molecule has 0 radical (unpaired) electrons. The summed E-state index contributed by atoms with van der Waals surface area (Å²) in [6, 6.07) is 5.87. The second-order valence-corrected chi connectivity index (χ2v) is 6.27. The third kappa shape index (κ3) is 2.63. The van der Waals surface area contributed by atoms with Crippen LogP contribution in [0.2, 0.25) is 5.02 Å². The third-order valence-electron chi connectivity index (χ3n) is 4.24. The fraction of sp³-hybridized carbons (Fsp3) is 0.235. The van der Waals surface area contributed by atoms with E-state index in [2.05, 4.69) is 15.0 Å². The predicted octanol–water partition coefficient (Wildman–Crippen LogP) is 3.73. The van der Waals surface area contributed by atoms with Crippen LogP contribution in [0.3, 0.4) is 0 Å². The molecule has 1 amide bonds. The Balaban J connectivity index is 1.67. The number of nitrogens with zero attached hydrogens (tertiary/aromatic N) is 3. The molecule has 7 heteroatoms. The topological polar surface area (TPSA) is 61.9 Å². The molecule has 1 aliphatic heterocycles. The standard InChI is InChI=1S/C17H14ClFN4O/c18-11-6-10(8-20-9-11)17(24)23-5-1-2-15(23)16-21-13-4-3-12(19)7-14(13)22-16/h3-4,6-9,15H,1-2,5H2,(H,21,22)/t15-/m0/s1. The molecule has 24 heavy (non-hydrogen) atoms. The number of hydrogen-bond acceptors (Lipinski definition) is 3. The Kier molecular flexibility index (Phi) is 3.69.